The van der Waals surface area contributed by atoms with E-state index in [2.05, 4.69) is 5.32 Å². The molecule has 0 saturated carbocycles. The molecule has 2 aliphatic rings. The SMILES string of the molecule is O=S(=O)(c1cccc(C(F)(F)F)c1)N1C[C@H](CC2CNC2)Oc2ccc(-c3cc(F)ccc3F)cc21. The van der Waals surface area contributed by atoms with Crippen LogP contribution in [0.5, 0.6) is 5.75 Å². The lowest BCUT2D eigenvalue weighted by Gasteiger charge is -2.38. The summed E-state index contributed by atoms with van der Waals surface area (Å²) in [4.78, 5) is -0.531. The second-order valence-corrected chi connectivity index (χ2v) is 10.7. The molecule has 0 aliphatic carbocycles. The zero-order valence-corrected chi connectivity index (χ0v) is 19.5. The molecule has 0 unspecified atom stereocenters. The minimum Gasteiger partial charge on any atom is -0.486 e. The first kappa shape index (κ1) is 24.5. The van der Waals surface area contributed by atoms with Gasteiger partial charge in [0.05, 0.1) is 22.7 Å². The highest BCUT2D eigenvalue weighted by molar-refractivity contribution is 7.92. The third kappa shape index (κ3) is 4.64. The van der Waals surface area contributed by atoms with Crippen molar-refractivity contribution < 1.29 is 35.1 Å². The average Bonchev–Trinajstić information content (AvgIpc) is 2.81. The van der Waals surface area contributed by atoms with Crippen LogP contribution in [0.2, 0.25) is 0 Å². The smallest absolute Gasteiger partial charge is 0.416 e. The quantitative estimate of drug-likeness (QED) is 0.466. The first-order valence-corrected chi connectivity index (χ1v) is 12.6. The number of ether oxygens (including phenoxy) is 1. The Morgan fingerprint density at radius 2 is 1.78 bits per heavy atom. The number of hydrogen-bond acceptors (Lipinski definition) is 4. The molecule has 190 valence electrons. The van der Waals surface area contributed by atoms with Crippen molar-refractivity contribution in [3.8, 4) is 16.9 Å². The van der Waals surface area contributed by atoms with Gasteiger partial charge in [0.15, 0.2) is 0 Å². The van der Waals surface area contributed by atoms with E-state index in [-0.39, 0.29) is 35.0 Å². The number of benzene rings is 3. The second-order valence-electron chi connectivity index (χ2n) is 8.87. The van der Waals surface area contributed by atoms with Crippen molar-refractivity contribution in [1.29, 1.82) is 0 Å². The van der Waals surface area contributed by atoms with Gasteiger partial charge in [0, 0.05) is 5.56 Å². The Morgan fingerprint density at radius 1 is 1.00 bits per heavy atom. The van der Waals surface area contributed by atoms with E-state index < -0.39 is 44.4 Å². The summed E-state index contributed by atoms with van der Waals surface area (Å²) in [6.07, 6.45) is -4.72. The monoisotopic (exact) mass is 524 g/mol. The van der Waals surface area contributed by atoms with Crippen LogP contribution in [0.25, 0.3) is 11.1 Å². The van der Waals surface area contributed by atoms with Gasteiger partial charge in [0.2, 0.25) is 0 Å². The van der Waals surface area contributed by atoms with Gasteiger partial charge in [-0.2, -0.15) is 13.2 Å². The normalized spacial score (nSPS) is 18.4. The van der Waals surface area contributed by atoms with Crippen LogP contribution in [-0.4, -0.2) is 34.2 Å². The van der Waals surface area contributed by atoms with E-state index in [0.717, 1.165) is 53.8 Å². The van der Waals surface area contributed by atoms with Gasteiger partial charge in [-0.25, -0.2) is 17.2 Å². The van der Waals surface area contributed by atoms with E-state index in [9.17, 15) is 30.4 Å². The van der Waals surface area contributed by atoms with E-state index in [1.54, 1.807) is 0 Å². The zero-order chi connectivity index (χ0) is 25.7. The lowest BCUT2D eigenvalue weighted by molar-refractivity contribution is -0.137. The summed E-state index contributed by atoms with van der Waals surface area (Å²) in [5, 5.41) is 3.13. The van der Waals surface area contributed by atoms with Crippen molar-refractivity contribution in [1.82, 2.24) is 5.32 Å². The average molecular weight is 525 g/mol. The predicted octanol–water partition coefficient (Wildman–Crippen LogP) is 5.22. The van der Waals surface area contributed by atoms with E-state index in [0.29, 0.717) is 12.5 Å². The van der Waals surface area contributed by atoms with Gasteiger partial charge in [-0.1, -0.05) is 12.1 Å². The van der Waals surface area contributed by atoms with Crippen molar-refractivity contribution in [2.75, 3.05) is 23.9 Å². The van der Waals surface area contributed by atoms with Crippen LogP contribution in [0.4, 0.5) is 27.6 Å². The summed E-state index contributed by atoms with van der Waals surface area (Å²) in [5.74, 6) is -0.927. The molecule has 11 heteroatoms. The largest absolute Gasteiger partial charge is 0.486 e. The van der Waals surface area contributed by atoms with Crippen LogP contribution in [0, 0.1) is 17.6 Å². The molecular weight excluding hydrogens is 503 g/mol. The summed E-state index contributed by atoms with van der Waals surface area (Å²) >= 11 is 0. The van der Waals surface area contributed by atoms with Crippen molar-refractivity contribution in [2.24, 2.45) is 5.92 Å². The van der Waals surface area contributed by atoms with E-state index in [1.807, 2.05) is 0 Å². The molecule has 1 atom stereocenters. The minimum absolute atomic E-state index is 0.0385. The van der Waals surface area contributed by atoms with Gasteiger partial charge in [0.25, 0.3) is 10.0 Å². The summed E-state index contributed by atoms with van der Waals surface area (Å²) in [7, 11) is -4.46. The Kier molecular flexibility index (Phi) is 6.16. The summed E-state index contributed by atoms with van der Waals surface area (Å²) in [5.41, 5.74) is -0.946. The van der Waals surface area contributed by atoms with Gasteiger partial charge in [-0.05, 0) is 79.5 Å². The molecule has 2 aliphatic heterocycles. The lowest BCUT2D eigenvalue weighted by Crippen LogP contribution is -2.49. The Labute approximate surface area is 204 Å². The molecular formula is C25H21F5N2O3S. The molecule has 0 radical (unpaired) electrons. The number of sulfonamides is 1. The molecule has 2 heterocycles. The van der Waals surface area contributed by atoms with Gasteiger partial charge in [0.1, 0.15) is 23.5 Å². The van der Waals surface area contributed by atoms with E-state index >= 15 is 0 Å². The number of rotatable bonds is 5. The molecule has 1 fully saturated rings. The maximum Gasteiger partial charge on any atom is 0.416 e. The predicted molar refractivity (Wildman–Crippen MR) is 123 cm³/mol. The third-order valence-corrected chi connectivity index (χ3v) is 8.12. The number of anilines is 1. The fourth-order valence-corrected chi connectivity index (χ4v) is 5.94. The highest BCUT2D eigenvalue weighted by atomic mass is 32.2. The molecule has 5 nitrogen and oxygen atoms in total. The molecule has 1 saturated heterocycles. The first-order chi connectivity index (χ1) is 17.0. The van der Waals surface area contributed by atoms with Gasteiger partial charge in [-0.15, -0.1) is 0 Å². The van der Waals surface area contributed by atoms with Crippen molar-refractivity contribution in [2.45, 2.75) is 23.6 Å². The molecule has 1 N–H and O–H groups in total. The lowest BCUT2D eigenvalue weighted by atomic mass is 9.95. The number of nitrogens with zero attached hydrogens (tertiary/aromatic N) is 1. The Bertz CT molecular complexity index is 1410. The van der Waals surface area contributed by atoms with Crippen LogP contribution >= 0.6 is 0 Å². The highest BCUT2D eigenvalue weighted by Gasteiger charge is 2.38. The molecule has 0 bridgehead atoms. The van der Waals surface area contributed by atoms with Crippen LogP contribution < -0.4 is 14.4 Å². The maximum atomic E-state index is 14.4. The van der Waals surface area contributed by atoms with Crippen molar-refractivity contribution in [3.05, 3.63) is 77.9 Å². The number of fused-ring (bicyclic) bond motifs is 1. The van der Waals surface area contributed by atoms with E-state index in [1.165, 1.54) is 18.2 Å². The minimum atomic E-state index is -4.73. The molecule has 0 spiro atoms. The van der Waals surface area contributed by atoms with Gasteiger partial charge >= 0.3 is 6.18 Å². The number of alkyl halides is 3. The summed E-state index contributed by atoms with van der Waals surface area (Å²) in [6, 6.07) is 10.7. The molecule has 5 rings (SSSR count). The fraction of sp³-hybridized carbons (Fsp3) is 0.280. The number of halogens is 5. The second kappa shape index (κ2) is 9.04. The van der Waals surface area contributed by atoms with Crippen LogP contribution in [0.15, 0.2) is 65.6 Å². The molecule has 0 aromatic heterocycles. The highest BCUT2D eigenvalue weighted by Crippen LogP contribution is 2.42. The van der Waals surface area contributed by atoms with E-state index in [4.69, 9.17) is 4.74 Å². The topological polar surface area (TPSA) is 58.6 Å². The molecule has 0 amide bonds. The van der Waals surface area contributed by atoms with Crippen LogP contribution in [0.1, 0.15) is 12.0 Å². The number of nitrogens with one attached hydrogen (secondary N) is 1. The molecule has 3 aromatic rings. The summed E-state index contributed by atoms with van der Waals surface area (Å²) < 4.78 is 103. The Balaban J connectivity index is 1.60. The van der Waals surface area contributed by atoms with Crippen molar-refractivity contribution in [3.63, 3.8) is 0 Å². The van der Waals surface area contributed by atoms with Crippen LogP contribution in [-0.2, 0) is 16.2 Å². The van der Waals surface area contributed by atoms with Gasteiger partial charge in [-0.3, -0.25) is 4.31 Å². The molecule has 36 heavy (non-hydrogen) atoms. The Hall–Kier alpha value is -3.18. The maximum absolute atomic E-state index is 14.4. The van der Waals surface area contributed by atoms with Crippen LogP contribution in [0.3, 0.4) is 0 Å². The zero-order valence-electron chi connectivity index (χ0n) is 18.7. The first-order valence-electron chi connectivity index (χ1n) is 11.2. The molecule has 3 aromatic carbocycles. The standard InChI is InChI=1S/C25H21F5N2O3S/c26-18-5-6-22(27)21(11-18)16-4-7-24-23(9-16)32(14-19(35-24)8-15-12-31-13-15)36(33,34)20-3-1-2-17(10-20)25(28,29)30/h1-7,9-11,15,19,31H,8,12-14H2/t19-/m0/s1. The van der Waals surface area contributed by atoms with Crippen molar-refractivity contribution >= 4 is 15.7 Å². The third-order valence-electron chi connectivity index (χ3n) is 6.34. The summed E-state index contributed by atoms with van der Waals surface area (Å²) in [6.45, 7) is 1.37. The number of hydrogen-bond donors (Lipinski definition) is 1. The van der Waals surface area contributed by atoms with Gasteiger partial charge < -0.3 is 10.1 Å². The Morgan fingerprint density at radius 3 is 2.47 bits per heavy atom. The fourth-order valence-electron chi connectivity index (χ4n) is 4.40.